The van der Waals surface area contributed by atoms with E-state index in [-0.39, 0.29) is 44.0 Å². The first-order chi connectivity index (χ1) is 9.99. The molecule has 1 unspecified atom stereocenters. The maximum atomic E-state index is 13.3. The van der Waals surface area contributed by atoms with Crippen LogP contribution in [0.1, 0.15) is 18.9 Å². The number of ether oxygens (including phenoxy) is 1. The largest absolute Gasteiger partial charge is 0.463 e. The van der Waals surface area contributed by atoms with Gasteiger partial charge in [0.25, 0.3) is 0 Å². The van der Waals surface area contributed by atoms with Crippen molar-refractivity contribution in [2.45, 2.75) is 25.4 Å². The minimum Gasteiger partial charge on any atom is -0.463 e. The minimum absolute atomic E-state index is 0. The van der Waals surface area contributed by atoms with Gasteiger partial charge >= 0.3 is 5.97 Å². The lowest BCUT2D eigenvalue weighted by Gasteiger charge is -2.24. The van der Waals surface area contributed by atoms with Gasteiger partial charge in [-0.3, -0.25) is 0 Å². The topological polar surface area (TPSA) is 73.9 Å². The van der Waals surface area contributed by atoms with Crippen molar-refractivity contribution in [3.63, 3.8) is 0 Å². The van der Waals surface area contributed by atoms with Gasteiger partial charge in [-0.05, 0) is 24.6 Å². The number of carbonyl (C=O) groups is 1. The number of nitrogens with zero attached hydrogens (tertiary/aromatic N) is 1. The number of oxime groups is 1. The SMILES string of the molecule is CCOC(=O)C1(Cc2cc(F)cc(F)c2)CC(CN)=NO1.Cl. The molecule has 0 radical (unpaired) electrons. The number of halogens is 3. The molecule has 5 nitrogen and oxygen atoms in total. The van der Waals surface area contributed by atoms with E-state index in [4.69, 9.17) is 15.3 Å². The van der Waals surface area contributed by atoms with Gasteiger partial charge in [0.05, 0.1) is 12.3 Å². The summed E-state index contributed by atoms with van der Waals surface area (Å²) in [7, 11) is 0. The van der Waals surface area contributed by atoms with Gasteiger partial charge in [0.2, 0.25) is 5.60 Å². The predicted octanol–water partition coefficient (Wildman–Crippen LogP) is 1.97. The first-order valence-electron chi connectivity index (χ1n) is 6.55. The molecule has 1 aliphatic heterocycles. The van der Waals surface area contributed by atoms with Crippen molar-refractivity contribution in [1.29, 1.82) is 0 Å². The summed E-state index contributed by atoms with van der Waals surface area (Å²) in [6.07, 6.45) is 0.0912. The highest BCUT2D eigenvalue weighted by atomic mass is 35.5. The van der Waals surface area contributed by atoms with E-state index in [9.17, 15) is 13.6 Å². The Morgan fingerprint density at radius 2 is 2.05 bits per heavy atom. The van der Waals surface area contributed by atoms with Crippen molar-refractivity contribution >= 4 is 24.1 Å². The summed E-state index contributed by atoms with van der Waals surface area (Å²) in [6.45, 7) is 1.96. The molecule has 1 atom stereocenters. The number of esters is 1. The van der Waals surface area contributed by atoms with E-state index in [0.717, 1.165) is 18.2 Å². The summed E-state index contributed by atoms with van der Waals surface area (Å²) < 4.78 is 31.5. The zero-order chi connectivity index (χ0) is 15.5. The number of rotatable bonds is 5. The Kier molecular flexibility index (Phi) is 6.25. The fourth-order valence-corrected chi connectivity index (χ4v) is 2.24. The van der Waals surface area contributed by atoms with Gasteiger partial charge in [0.15, 0.2) is 0 Å². The van der Waals surface area contributed by atoms with E-state index >= 15 is 0 Å². The van der Waals surface area contributed by atoms with E-state index < -0.39 is 23.2 Å². The first-order valence-corrected chi connectivity index (χ1v) is 6.55. The number of benzene rings is 1. The molecule has 1 heterocycles. The summed E-state index contributed by atoms with van der Waals surface area (Å²) in [6, 6.07) is 3.06. The summed E-state index contributed by atoms with van der Waals surface area (Å²) in [5.41, 5.74) is 4.86. The highest BCUT2D eigenvalue weighted by Crippen LogP contribution is 2.30. The summed E-state index contributed by atoms with van der Waals surface area (Å²) >= 11 is 0. The van der Waals surface area contributed by atoms with E-state index in [2.05, 4.69) is 5.16 Å². The maximum Gasteiger partial charge on any atom is 0.354 e. The molecular weight excluding hydrogens is 318 g/mol. The standard InChI is InChI=1S/C14H16F2N2O3.ClH/c1-2-20-13(19)14(7-12(8-17)18-21-14)6-9-3-10(15)5-11(16)4-9;/h3-5H,2,6-8,17H2,1H3;1H. The van der Waals surface area contributed by atoms with Gasteiger partial charge in [-0.2, -0.15) is 0 Å². The van der Waals surface area contributed by atoms with Gasteiger partial charge < -0.3 is 15.3 Å². The monoisotopic (exact) mass is 334 g/mol. The molecular formula is C14H17ClF2N2O3. The lowest BCUT2D eigenvalue weighted by atomic mass is 9.89. The quantitative estimate of drug-likeness (QED) is 0.835. The molecule has 2 N–H and O–H groups in total. The predicted molar refractivity (Wildman–Crippen MR) is 78.9 cm³/mol. The summed E-state index contributed by atoms with van der Waals surface area (Å²) in [4.78, 5) is 17.4. The van der Waals surface area contributed by atoms with Crippen LogP contribution in [0.4, 0.5) is 8.78 Å². The normalized spacial score (nSPS) is 19.9. The van der Waals surface area contributed by atoms with Crippen molar-refractivity contribution < 1.29 is 23.1 Å². The third-order valence-corrected chi connectivity index (χ3v) is 3.13. The van der Waals surface area contributed by atoms with Crippen LogP contribution in [0.15, 0.2) is 23.4 Å². The maximum absolute atomic E-state index is 13.3. The minimum atomic E-state index is -1.41. The molecule has 0 aliphatic carbocycles. The van der Waals surface area contributed by atoms with Crippen LogP contribution in [-0.4, -0.2) is 30.4 Å². The Balaban J connectivity index is 0.00000242. The zero-order valence-corrected chi connectivity index (χ0v) is 12.8. The molecule has 0 aromatic heterocycles. The van der Waals surface area contributed by atoms with Crippen LogP contribution in [0.2, 0.25) is 0 Å². The lowest BCUT2D eigenvalue weighted by Crippen LogP contribution is -2.43. The van der Waals surface area contributed by atoms with Crippen molar-refractivity contribution in [1.82, 2.24) is 0 Å². The molecule has 0 amide bonds. The van der Waals surface area contributed by atoms with Crippen molar-refractivity contribution in [3.8, 4) is 0 Å². The van der Waals surface area contributed by atoms with E-state index in [0.29, 0.717) is 5.71 Å². The van der Waals surface area contributed by atoms with Crippen LogP contribution < -0.4 is 5.73 Å². The van der Waals surface area contributed by atoms with Crippen LogP contribution >= 0.6 is 12.4 Å². The second-order valence-electron chi connectivity index (χ2n) is 4.80. The van der Waals surface area contributed by atoms with Crippen LogP contribution in [0.3, 0.4) is 0 Å². The van der Waals surface area contributed by atoms with Gasteiger partial charge in [-0.1, -0.05) is 5.16 Å². The third-order valence-electron chi connectivity index (χ3n) is 3.13. The molecule has 0 saturated carbocycles. The van der Waals surface area contributed by atoms with Crippen LogP contribution in [0.5, 0.6) is 0 Å². The van der Waals surface area contributed by atoms with Gasteiger partial charge in [-0.25, -0.2) is 13.6 Å². The smallest absolute Gasteiger partial charge is 0.354 e. The average molecular weight is 335 g/mol. The van der Waals surface area contributed by atoms with E-state index in [1.807, 2.05) is 0 Å². The molecule has 0 fully saturated rings. The van der Waals surface area contributed by atoms with Crippen molar-refractivity contribution in [3.05, 3.63) is 35.4 Å². The van der Waals surface area contributed by atoms with E-state index in [1.165, 1.54) is 0 Å². The Bertz CT molecular complexity index is 563. The van der Waals surface area contributed by atoms with Gasteiger partial charge in [0, 0.05) is 25.5 Å². The molecule has 22 heavy (non-hydrogen) atoms. The Morgan fingerprint density at radius 1 is 1.41 bits per heavy atom. The van der Waals surface area contributed by atoms with E-state index in [1.54, 1.807) is 6.92 Å². The molecule has 0 saturated heterocycles. The van der Waals surface area contributed by atoms with Crippen LogP contribution in [0.25, 0.3) is 0 Å². The number of carbonyl (C=O) groups excluding carboxylic acids is 1. The number of hydrogen-bond donors (Lipinski definition) is 1. The molecule has 0 spiro atoms. The van der Waals surface area contributed by atoms with Gasteiger partial charge in [-0.15, -0.1) is 12.4 Å². The average Bonchev–Trinajstić information content (AvgIpc) is 2.82. The molecule has 0 bridgehead atoms. The number of hydrogen-bond acceptors (Lipinski definition) is 5. The second kappa shape index (κ2) is 7.51. The molecule has 1 aliphatic rings. The fourth-order valence-electron chi connectivity index (χ4n) is 2.24. The molecule has 2 rings (SSSR count). The highest BCUT2D eigenvalue weighted by Gasteiger charge is 2.47. The molecule has 1 aromatic carbocycles. The lowest BCUT2D eigenvalue weighted by molar-refractivity contribution is -0.168. The molecule has 122 valence electrons. The number of nitrogens with two attached hydrogens (primary N) is 1. The van der Waals surface area contributed by atoms with Crippen molar-refractivity contribution in [2.75, 3.05) is 13.2 Å². The fraction of sp³-hybridized carbons (Fsp3) is 0.429. The Hall–Kier alpha value is -1.73. The van der Waals surface area contributed by atoms with Crippen LogP contribution in [0, 0.1) is 11.6 Å². The Morgan fingerprint density at radius 3 is 2.55 bits per heavy atom. The molecule has 1 aromatic rings. The summed E-state index contributed by atoms with van der Waals surface area (Å²) in [5, 5.41) is 3.76. The summed E-state index contributed by atoms with van der Waals surface area (Å²) in [5.74, 6) is -2.06. The van der Waals surface area contributed by atoms with Crippen molar-refractivity contribution in [2.24, 2.45) is 10.9 Å². The second-order valence-corrected chi connectivity index (χ2v) is 4.80. The van der Waals surface area contributed by atoms with Gasteiger partial charge in [0.1, 0.15) is 11.6 Å². The third kappa shape index (κ3) is 3.92. The Labute approximate surface area is 132 Å². The first kappa shape index (κ1) is 18.3. The van der Waals surface area contributed by atoms with Crippen LogP contribution in [-0.2, 0) is 20.8 Å². The molecule has 8 heteroatoms. The zero-order valence-electron chi connectivity index (χ0n) is 12.0. The highest BCUT2D eigenvalue weighted by molar-refractivity contribution is 5.94.